The van der Waals surface area contributed by atoms with Gasteiger partial charge in [0.15, 0.2) is 5.60 Å². The van der Waals surface area contributed by atoms with Crippen molar-refractivity contribution in [2.45, 2.75) is 57.0 Å². The van der Waals surface area contributed by atoms with E-state index in [9.17, 15) is 28.4 Å². The van der Waals surface area contributed by atoms with Crippen molar-refractivity contribution in [2.24, 2.45) is 0 Å². The van der Waals surface area contributed by atoms with Crippen LogP contribution in [0.25, 0.3) is 0 Å². The highest BCUT2D eigenvalue weighted by molar-refractivity contribution is 6.28. The summed E-state index contributed by atoms with van der Waals surface area (Å²) < 4.78 is 53.1. The number of imidazole rings is 1. The number of aliphatic hydroxyl groups excluding tert-OH is 1. The second-order valence-electron chi connectivity index (χ2n) is 8.39. The van der Waals surface area contributed by atoms with E-state index in [1.807, 2.05) is 4.90 Å². The monoisotopic (exact) mass is 520 g/mol. The van der Waals surface area contributed by atoms with Crippen molar-refractivity contribution in [2.75, 3.05) is 31.2 Å². The summed E-state index contributed by atoms with van der Waals surface area (Å²) in [5, 5.41) is 20.9. The lowest BCUT2D eigenvalue weighted by atomic mass is 9.90. The van der Waals surface area contributed by atoms with Crippen molar-refractivity contribution >= 4 is 23.1 Å². The first-order valence-corrected chi connectivity index (χ1v) is 11.7. The van der Waals surface area contributed by atoms with Crippen molar-refractivity contribution in [3.05, 3.63) is 45.9 Å². The number of aryl methyl sites for hydroxylation is 1. The van der Waals surface area contributed by atoms with Crippen molar-refractivity contribution in [3.8, 4) is 5.75 Å². The molecule has 0 spiro atoms. The Morgan fingerprint density at radius 1 is 1.29 bits per heavy atom. The molecule has 0 amide bonds. The molecule has 1 aromatic carbocycles. The number of nitro groups is 1. The van der Waals surface area contributed by atoms with Crippen molar-refractivity contribution in [3.63, 3.8) is 0 Å². The molecule has 0 bridgehead atoms. The van der Waals surface area contributed by atoms with E-state index in [2.05, 4.69) is 4.98 Å². The number of ether oxygens (including phenoxy) is 2. The largest absolute Gasteiger partial charge is 0.491 e. The smallest absolute Gasteiger partial charge is 0.417 e. The maximum atomic E-state index is 13.6. The minimum atomic E-state index is -4.41. The molecule has 194 valence electrons. The SMILES string of the molecule is CCCOC1(C(F)(F)F)CCN(c2ccc(OCC(O)CCn3cc([N+](=O)[O-])nc3Cl)cc2)CC1. The van der Waals surface area contributed by atoms with E-state index in [0.717, 1.165) is 5.69 Å². The van der Waals surface area contributed by atoms with Crippen LogP contribution in [0.1, 0.15) is 32.6 Å². The molecule has 2 aromatic rings. The Balaban J connectivity index is 1.47. The van der Waals surface area contributed by atoms with Gasteiger partial charge in [0.2, 0.25) is 0 Å². The number of halogens is 4. The number of alkyl halides is 3. The molecule has 1 atom stereocenters. The molecule has 3 rings (SSSR count). The molecule has 1 unspecified atom stereocenters. The van der Waals surface area contributed by atoms with Crippen LogP contribution >= 0.6 is 11.6 Å². The van der Waals surface area contributed by atoms with E-state index in [1.54, 1.807) is 31.2 Å². The molecule has 1 aliphatic heterocycles. The molecule has 1 saturated heterocycles. The first kappa shape index (κ1) is 27.0. The van der Waals surface area contributed by atoms with Gasteiger partial charge in [0.05, 0.1) is 6.10 Å². The fourth-order valence-electron chi connectivity index (χ4n) is 3.88. The minimum absolute atomic E-state index is 0.0136. The summed E-state index contributed by atoms with van der Waals surface area (Å²) in [5.74, 6) is 0.129. The quantitative estimate of drug-likeness (QED) is 0.341. The molecule has 0 saturated carbocycles. The Kier molecular flexibility index (Phi) is 8.84. The number of hydrogen-bond donors (Lipinski definition) is 1. The summed E-state index contributed by atoms with van der Waals surface area (Å²) in [6.07, 6.45) is -3.57. The highest BCUT2D eigenvalue weighted by atomic mass is 35.5. The fraction of sp³-hybridized carbons (Fsp3) is 0.591. The van der Waals surface area contributed by atoms with Gasteiger partial charge in [-0.25, -0.2) is 0 Å². The molecule has 2 heterocycles. The van der Waals surface area contributed by atoms with Crippen molar-refractivity contribution in [1.29, 1.82) is 0 Å². The lowest BCUT2D eigenvalue weighted by Crippen LogP contribution is -2.55. The van der Waals surface area contributed by atoms with E-state index in [0.29, 0.717) is 12.2 Å². The molecule has 0 radical (unpaired) electrons. The van der Waals surface area contributed by atoms with E-state index < -0.39 is 22.8 Å². The Bertz CT molecular complexity index is 978. The lowest BCUT2D eigenvalue weighted by molar-refractivity contribution is -0.389. The van der Waals surface area contributed by atoms with Gasteiger partial charge in [-0.15, -0.1) is 0 Å². The van der Waals surface area contributed by atoms with Crippen LogP contribution in [-0.2, 0) is 11.3 Å². The highest BCUT2D eigenvalue weighted by Gasteiger charge is 2.56. The van der Waals surface area contributed by atoms with Crippen LogP contribution in [0.4, 0.5) is 24.7 Å². The Morgan fingerprint density at radius 2 is 1.94 bits per heavy atom. The third kappa shape index (κ3) is 6.77. The molecular weight excluding hydrogens is 493 g/mol. The van der Waals surface area contributed by atoms with Crippen molar-refractivity contribution < 1.29 is 32.7 Å². The summed E-state index contributed by atoms with van der Waals surface area (Å²) in [4.78, 5) is 15.6. The van der Waals surface area contributed by atoms with Gasteiger partial charge in [-0.2, -0.15) is 13.2 Å². The van der Waals surface area contributed by atoms with Crippen LogP contribution < -0.4 is 9.64 Å². The average Bonchev–Trinajstić information content (AvgIpc) is 3.21. The van der Waals surface area contributed by atoms with Crippen LogP contribution in [0.2, 0.25) is 5.28 Å². The van der Waals surface area contributed by atoms with Gasteiger partial charge in [-0.3, -0.25) is 4.57 Å². The fourth-order valence-corrected chi connectivity index (χ4v) is 4.10. The average molecular weight is 521 g/mol. The molecule has 1 N–H and O–H groups in total. The van der Waals surface area contributed by atoms with Gasteiger partial charge in [0.25, 0.3) is 0 Å². The zero-order valence-corrected chi connectivity index (χ0v) is 20.0. The van der Waals surface area contributed by atoms with Crippen molar-refractivity contribution in [1.82, 2.24) is 9.55 Å². The zero-order valence-electron chi connectivity index (χ0n) is 19.2. The van der Waals surface area contributed by atoms with Gasteiger partial charge in [0, 0.05) is 44.8 Å². The van der Waals surface area contributed by atoms with Gasteiger partial charge in [0.1, 0.15) is 18.6 Å². The highest BCUT2D eigenvalue weighted by Crippen LogP contribution is 2.42. The minimum Gasteiger partial charge on any atom is -0.491 e. The number of nitrogens with zero attached hydrogens (tertiary/aromatic N) is 4. The number of piperidine rings is 1. The maximum Gasteiger partial charge on any atom is 0.417 e. The van der Waals surface area contributed by atoms with Crippen LogP contribution in [-0.4, -0.2) is 63.8 Å². The Morgan fingerprint density at radius 3 is 2.49 bits per heavy atom. The number of anilines is 1. The van der Waals surface area contributed by atoms with Gasteiger partial charge in [-0.05, 0) is 58.6 Å². The van der Waals surface area contributed by atoms with E-state index in [4.69, 9.17) is 21.1 Å². The maximum absolute atomic E-state index is 13.6. The molecule has 1 aliphatic rings. The third-order valence-electron chi connectivity index (χ3n) is 5.92. The Labute approximate surface area is 205 Å². The molecule has 1 aromatic heterocycles. The standard InChI is InChI=1S/C22H28ClF3N4O5/c1-2-13-35-21(22(24,25)26)8-11-28(12-9-21)16-3-5-18(6-4-16)34-15-17(31)7-10-29-14-19(30(32)33)27-20(29)23/h3-6,14,17,31H,2,7-13,15H2,1H3. The van der Waals surface area contributed by atoms with Crippen LogP contribution in [0.5, 0.6) is 5.75 Å². The molecule has 1 fully saturated rings. The van der Waals surface area contributed by atoms with E-state index >= 15 is 0 Å². The second-order valence-corrected chi connectivity index (χ2v) is 8.73. The molecule has 0 aliphatic carbocycles. The summed E-state index contributed by atoms with van der Waals surface area (Å²) in [7, 11) is 0. The molecular formula is C22H28ClF3N4O5. The first-order chi connectivity index (χ1) is 16.5. The summed E-state index contributed by atoms with van der Waals surface area (Å²) in [6, 6.07) is 6.91. The predicted molar refractivity (Wildman–Crippen MR) is 123 cm³/mol. The number of hydrogen-bond acceptors (Lipinski definition) is 7. The lowest BCUT2D eigenvalue weighted by Gasteiger charge is -2.43. The first-order valence-electron chi connectivity index (χ1n) is 11.3. The molecule has 9 nitrogen and oxygen atoms in total. The van der Waals surface area contributed by atoms with Crippen LogP contribution in [0.15, 0.2) is 30.5 Å². The summed E-state index contributed by atoms with van der Waals surface area (Å²) in [5.41, 5.74) is -1.31. The topological polar surface area (TPSA) is 103 Å². The summed E-state index contributed by atoms with van der Waals surface area (Å²) >= 11 is 5.85. The van der Waals surface area contributed by atoms with Crippen LogP contribution in [0.3, 0.4) is 0 Å². The number of benzene rings is 1. The van der Waals surface area contributed by atoms with Gasteiger partial charge in [-0.1, -0.05) is 6.92 Å². The predicted octanol–water partition coefficient (Wildman–Crippen LogP) is 4.60. The van der Waals surface area contributed by atoms with Gasteiger partial charge >= 0.3 is 17.3 Å². The summed E-state index contributed by atoms with van der Waals surface area (Å²) in [6.45, 7) is 2.51. The number of rotatable bonds is 11. The molecule has 35 heavy (non-hydrogen) atoms. The number of aliphatic hydroxyl groups is 1. The third-order valence-corrected chi connectivity index (χ3v) is 6.22. The zero-order chi connectivity index (χ0) is 25.6. The normalized spacial score (nSPS) is 16.8. The van der Waals surface area contributed by atoms with Crippen LogP contribution in [0, 0.1) is 10.1 Å². The van der Waals surface area contributed by atoms with Gasteiger partial charge < -0.3 is 29.6 Å². The van der Waals surface area contributed by atoms with E-state index in [1.165, 1.54) is 10.8 Å². The number of aromatic nitrogens is 2. The Hall–Kier alpha value is -2.57. The molecule has 13 heteroatoms. The van der Waals surface area contributed by atoms with E-state index in [-0.39, 0.29) is 63.2 Å². The second kappa shape index (κ2) is 11.4.